The summed E-state index contributed by atoms with van der Waals surface area (Å²) in [6.45, 7) is 0. The molecule has 0 saturated carbocycles. The summed E-state index contributed by atoms with van der Waals surface area (Å²) in [4.78, 5) is 0. The van der Waals surface area contributed by atoms with E-state index < -0.39 is 9.13 Å². The number of rotatable bonds is 1. The molecule has 0 atom stereocenters. The monoisotopic (exact) mass is 98.0 g/mol. The van der Waals surface area contributed by atoms with Gasteiger partial charge in [0, 0.05) is 5.31 Å². The van der Waals surface area contributed by atoms with Crippen molar-refractivity contribution in [2.45, 2.75) is 0 Å². The van der Waals surface area contributed by atoms with E-state index in [0.29, 0.717) is 5.31 Å². The molecule has 1 rings (SSSR count). The summed E-state index contributed by atoms with van der Waals surface area (Å²) in [5, 5.41) is 0.708. The quantitative estimate of drug-likeness (QED) is 0.344. The molecule has 0 nitrogen and oxygen atoms in total. The van der Waals surface area contributed by atoms with Gasteiger partial charge < -0.3 is 0 Å². The summed E-state index contributed by atoms with van der Waals surface area (Å²) in [7, 11) is -1.41. The lowest BCUT2D eigenvalue weighted by Crippen LogP contribution is -1.41. The second-order valence-corrected chi connectivity index (χ2v) is 1.54. The minimum Gasteiger partial charge on any atom is -0.113 e. The van der Waals surface area contributed by atoms with Gasteiger partial charge in [-0.3, -0.25) is 0 Å². The van der Waals surface area contributed by atoms with E-state index in [2.05, 4.69) is 5.73 Å². The molecule has 0 unspecified atom stereocenters. The topological polar surface area (TPSA) is 0 Å². The van der Waals surface area contributed by atoms with E-state index in [1.54, 1.807) is 18.2 Å². The van der Waals surface area contributed by atoms with Gasteiger partial charge in [0.1, 0.15) is 0 Å². The van der Waals surface area contributed by atoms with Crippen LogP contribution in [0.5, 0.6) is 0 Å². The van der Waals surface area contributed by atoms with Crippen molar-refractivity contribution in [2.24, 2.45) is 0 Å². The highest BCUT2D eigenvalue weighted by Gasteiger charge is 1.77. The van der Waals surface area contributed by atoms with Gasteiger partial charge in [-0.15, -0.1) is 5.73 Å². The minimum atomic E-state index is -1.41. The van der Waals surface area contributed by atoms with Crippen LogP contribution < -0.4 is 0 Å². The van der Waals surface area contributed by atoms with E-state index in [1.807, 2.05) is 0 Å². The first-order chi connectivity index (χ1) is 3.80. The van der Waals surface area contributed by atoms with Crippen molar-refractivity contribution in [3.8, 4) is 0 Å². The highest BCUT2D eigenvalue weighted by Crippen LogP contribution is 2.07. The molecule has 0 aliphatic heterocycles. The van der Waals surface area contributed by atoms with Crippen LogP contribution in [0.1, 0.15) is 0 Å². The maximum absolute atomic E-state index is 6.94. The van der Waals surface area contributed by atoms with Gasteiger partial charge in [-0.1, -0.05) is 15.2 Å². The largest absolute Gasteiger partial charge is 0.113 e. The Labute approximate surface area is 42.0 Å². The van der Waals surface area contributed by atoms with Gasteiger partial charge in [-0.25, -0.2) is 0 Å². The zero-order valence-corrected chi connectivity index (χ0v) is 4.07. The standard InChI is InChI=1S/C5H5P/c6-5-3-1-2-4-5/h1-3H,6H2/i6D2. The molecular formula is C5H5P. The lowest BCUT2D eigenvalue weighted by molar-refractivity contribution is 2.05. The zero-order valence-electron chi connectivity index (χ0n) is 5.18. The van der Waals surface area contributed by atoms with E-state index in [-0.39, 0.29) is 0 Å². The molecule has 0 aromatic heterocycles. The van der Waals surface area contributed by atoms with Crippen molar-refractivity contribution < 1.29 is 0 Å². The second kappa shape index (κ2) is 1.43. The van der Waals surface area contributed by atoms with Gasteiger partial charge in [0.05, 0.1) is 2.56 Å². The van der Waals surface area contributed by atoms with Gasteiger partial charge in [-0.05, 0) is 12.2 Å². The fourth-order valence-corrected chi connectivity index (χ4v) is 0.481. The molecule has 0 aromatic carbocycles. The maximum Gasteiger partial charge on any atom is 0.0601 e. The molecule has 1 aliphatic carbocycles. The van der Waals surface area contributed by atoms with Crippen LogP contribution in [-0.2, 0) is 0 Å². The predicted molar refractivity (Wildman–Crippen MR) is 30.4 cm³/mol. The van der Waals surface area contributed by atoms with Crippen LogP contribution in [0.25, 0.3) is 0 Å². The van der Waals surface area contributed by atoms with Crippen LogP contribution in [0.15, 0.2) is 29.3 Å². The molecule has 1 heteroatoms. The van der Waals surface area contributed by atoms with E-state index in [4.69, 9.17) is 2.56 Å². The smallest absolute Gasteiger partial charge is 0.0601 e. The Balaban J connectivity index is 2.74. The third-order valence-corrected chi connectivity index (χ3v) is 0.860. The molecule has 6 heavy (non-hydrogen) atoms. The maximum atomic E-state index is 6.94. The summed E-state index contributed by atoms with van der Waals surface area (Å²) >= 11 is 0. The van der Waals surface area contributed by atoms with E-state index in [0.717, 1.165) is 0 Å². The summed E-state index contributed by atoms with van der Waals surface area (Å²) in [6.07, 6.45) is 5.28. The normalized spacial score (nSPS) is 21.2. The molecule has 1 aliphatic rings. The van der Waals surface area contributed by atoms with Gasteiger partial charge >= 0.3 is 0 Å². The lowest BCUT2D eigenvalue weighted by Gasteiger charge is -1.69. The molecule has 0 amide bonds. The first-order valence-electron chi connectivity index (χ1n) is 2.61. The van der Waals surface area contributed by atoms with Crippen molar-refractivity contribution in [3.05, 3.63) is 29.3 Å². The van der Waals surface area contributed by atoms with Gasteiger partial charge in [-0.2, -0.15) is 0 Å². The van der Waals surface area contributed by atoms with Crippen LogP contribution >= 0.6 is 9.13 Å². The third-order valence-electron chi connectivity index (χ3n) is 0.582. The van der Waals surface area contributed by atoms with Crippen molar-refractivity contribution in [3.63, 3.8) is 0 Å². The summed E-state index contributed by atoms with van der Waals surface area (Å²) in [6, 6.07) is 0. The second-order valence-electron chi connectivity index (χ2n) is 1.06. The molecule has 0 aromatic rings. The van der Waals surface area contributed by atoms with E-state index >= 15 is 0 Å². The molecule has 30 valence electrons. The van der Waals surface area contributed by atoms with Crippen molar-refractivity contribution in [1.29, 1.82) is 2.56 Å². The molecule has 0 N–H and O–H groups in total. The Morgan fingerprint density at radius 3 is 3.33 bits per heavy atom. The SMILES string of the molecule is [2H]P([2H])C1=C=CC=C1. The van der Waals surface area contributed by atoms with Crippen molar-refractivity contribution >= 4 is 9.13 Å². The highest BCUT2D eigenvalue weighted by atomic mass is 31.0. The first kappa shape index (κ1) is 2.12. The van der Waals surface area contributed by atoms with Gasteiger partial charge in [0.15, 0.2) is 0 Å². The van der Waals surface area contributed by atoms with E-state index in [9.17, 15) is 0 Å². The lowest BCUT2D eigenvalue weighted by atomic mass is 10.6. The average Bonchev–Trinajstić information content (AvgIpc) is 2.12. The van der Waals surface area contributed by atoms with Crippen LogP contribution in [0.2, 0.25) is 0 Å². The summed E-state index contributed by atoms with van der Waals surface area (Å²) in [5.41, 5.74) is 2.79. The van der Waals surface area contributed by atoms with Gasteiger partial charge in [0.2, 0.25) is 0 Å². The van der Waals surface area contributed by atoms with Gasteiger partial charge in [0.25, 0.3) is 0 Å². The third kappa shape index (κ3) is 0.597. The Kier molecular flexibility index (Phi) is 0.503. The molecule has 0 fully saturated rings. The van der Waals surface area contributed by atoms with Crippen molar-refractivity contribution in [2.75, 3.05) is 0 Å². The van der Waals surface area contributed by atoms with Crippen LogP contribution in [0, 0.1) is 0 Å². The highest BCUT2D eigenvalue weighted by molar-refractivity contribution is 7.22. The molecule has 0 radical (unpaired) electrons. The Morgan fingerprint density at radius 2 is 3.00 bits per heavy atom. The predicted octanol–water partition coefficient (Wildman–Crippen LogP) is 1.47. The van der Waals surface area contributed by atoms with Crippen LogP contribution in [0.4, 0.5) is 0 Å². The van der Waals surface area contributed by atoms with Crippen LogP contribution in [0.3, 0.4) is 0 Å². The molecule has 0 heterocycles. The van der Waals surface area contributed by atoms with E-state index in [1.165, 1.54) is 0 Å². The summed E-state index contributed by atoms with van der Waals surface area (Å²) < 4.78 is 13.9. The molecule has 0 spiro atoms. The molecule has 0 bridgehead atoms. The zero-order chi connectivity index (χ0) is 5.98. The van der Waals surface area contributed by atoms with Crippen LogP contribution in [-0.4, -0.2) is 2.56 Å². The number of hydrogen-bond acceptors (Lipinski definition) is 0. The number of hydrogen-bond donors (Lipinski definition) is 0. The molecule has 0 saturated heterocycles. The Morgan fingerprint density at radius 1 is 2.00 bits per heavy atom. The summed E-state index contributed by atoms with van der Waals surface area (Å²) in [5.74, 6) is 0. The fourth-order valence-electron chi connectivity index (χ4n) is 0.321. The first-order valence-corrected chi connectivity index (χ1v) is 2.16. The fraction of sp³-hybridized carbons (Fsp3) is 0. The Bertz CT molecular complexity index is 175. The van der Waals surface area contributed by atoms with Crippen molar-refractivity contribution in [1.82, 2.24) is 0 Å². The average molecular weight is 98.1 g/mol. The number of allylic oxidation sites excluding steroid dienone is 3. The molecular weight excluding hydrogens is 91.0 g/mol. The Hall–Kier alpha value is -0.310. The minimum absolute atomic E-state index is 0.708.